The van der Waals surface area contributed by atoms with Crippen LogP contribution in [-0.4, -0.2) is 23.4 Å². The first kappa shape index (κ1) is 22.7. The van der Waals surface area contributed by atoms with E-state index in [0.717, 1.165) is 37.8 Å². The number of nitro groups is 1. The van der Waals surface area contributed by atoms with Crippen molar-refractivity contribution < 1.29 is 22.9 Å². The molecule has 0 heterocycles. The number of hydrogen-bond acceptors (Lipinski definition) is 4. The minimum atomic E-state index is -4.89. The molecule has 2 aromatic carbocycles. The summed E-state index contributed by atoms with van der Waals surface area (Å²) in [7, 11) is 0. The van der Waals surface area contributed by atoms with Crippen LogP contribution >= 0.6 is 0 Å². The van der Waals surface area contributed by atoms with Crippen LogP contribution in [0.4, 0.5) is 24.5 Å². The van der Waals surface area contributed by atoms with Crippen LogP contribution in [0.15, 0.2) is 48.5 Å². The number of nitrogens with one attached hydrogen (secondary N) is 2. The first-order chi connectivity index (χ1) is 14.7. The number of amides is 1. The molecule has 0 aromatic heterocycles. The zero-order valence-corrected chi connectivity index (χ0v) is 16.8. The number of nitrogens with zero attached hydrogens (tertiary/aromatic N) is 1. The molecule has 0 spiro atoms. The molecule has 2 aromatic rings. The second-order valence-corrected chi connectivity index (χ2v) is 7.70. The largest absolute Gasteiger partial charge is 0.423 e. The number of benzene rings is 2. The van der Waals surface area contributed by atoms with Gasteiger partial charge < -0.3 is 10.6 Å². The highest BCUT2D eigenvalue weighted by Gasteiger charge is 2.38. The molecule has 0 atom stereocenters. The molecule has 9 heteroatoms. The maximum absolute atomic E-state index is 13.0. The molecule has 1 aliphatic rings. The van der Waals surface area contributed by atoms with Crippen molar-refractivity contribution in [1.29, 1.82) is 0 Å². The maximum Gasteiger partial charge on any atom is 0.423 e. The fourth-order valence-electron chi connectivity index (χ4n) is 3.97. The number of alkyl halides is 3. The van der Waals surface area contributed by atoms with Gasteiger partial charge in [-0.05, 0) is 49.3 Å². The van der Waals surface area contributed by atoms with Crippen molar-refractivity contribution in [3.05, 3.63) is 69.8 Å². The lowest BCUT2D eigenvalue weighted by Crippen LogP contribution is -2.34. The zero-order chi connectivity index (χ0) is 22.4. The molecule has 2 N–H and O–H groups in total. The average molecular weight is 435 g/mol. The first-order valence-corrected chi connectivity index (χ1v) is 10.2. The fourth-order valence-corrected chi connectivity index (χ4v) is 3.97. The number of rotatable bonds is 7. The van der Waals surface area contributed by atoms with Crippen molar-refractivity contribution in [1.82, 2.24) is 5.32 Å². The van der Waals surface area contributed by atoms with E-state index in [1.165, 1.54) is 5.56 Å². The van der Waals surface area contributed by atoms with Crippen LogP contribution in [0.5, 0.6) is 0 Å². The number of carbonyl (C=O) groups is 1. The molecule has 6 nitrogen and oxygen atoms in total. The number of halogens is 3. The molecule has 0 unspecified atom stereocenters. The van der Waals surface area contributed by atoms with Crippen LogP contribution in [-0.2, 0) is 11.0 Å². The summed E-state index contributed by atoms with van der Waals surface area (Å²) in [5.41, 5.74) is -1.20. The normalized spacial score (nSPS) is 19.1. The third-order valence-electron chi connectivity index (χ3n) is 5.57. The lowest BCUT2D eigenvalue weighted by Gasteiger charge is -2.29. The Morgan fingerprint density at radius 2 is 1.74 bits per heavy atom. The third kappa shape index (κ3) is 6.27. The maximum atomic E-state index is 13.0. The van der Waals surface area contributed by atoms with Gasteiger partial charge in [-0.25, -0.2) is 0 Å². The van der Waals surface area contributed by atoms with Crippen molar-refractivity contribution >= 4 is 17.3 Å². The van der Waals surface area contributed by atoms with Gasteiger partial charge in [0.1, 0.15) is 5.56 Å². The van der Waals surface area contributed by atoms with Crippen molar-refractivity contribution in [3.8, 4) is 0 Å². The first-order valence-electron chi connectivity index (χ1n) is 10.2. The van der Waals surface area contributed by atoms with Crippen molar-refractivity contribution in [2.45, 2.75) is 50.2 Å². The van der Waals surface area contributed by atoms with Crippen LogP contribution in [0.3, 0.4) is 0 Å². The summed E-state index contributed by atoms with van der Waals surface area (Å²) in [5.74, 6) is 0.0972. The van der Waals surface area contributed by atoms with Crippen LogP contribution < -0.4 is 10.6 Å². The Morgan fingerprint density at radius 3 is 2.35 bits per heavy atom. The molecule has 1 amide bonds. The Bertz CT molecular complexity index is 911. The molecule has 1 fully saturated rings. The quantitative estimate of drug-likeness (QED) is 0.459. The van der Waals surface area contributed by atoms with Gasteiger partial charge >= 0.3 is 6.18 Å². The second kappa shape index (κ2) is 9.91. The van der Waals surface area contributed by atoms with E-state index >= 15 is 0 Å². The smallest absolute Gasteiger partial charge is 0.326 e. The topological polar surface area (TPSA) is 84.3 Å². The Hall–Kier alpha value is -2.94. The van der Waals surface area contributed by atoms with Crippen molar-refractivity contribution in [2.75, 3.05) is 11.9 Å². The molecule has 1 aliphatic carbocycles. The Labute approximate surface area is 178 Å². The lowest BCUT2D eigenvalue weighted by atomic mass is 9.82. The van der Waals surface area contributed by atoms with Gasteiger partial charge in [-0.2, -0.15) is 13.2 Å². The van der Waals surface area contributed by atoms with Crippen LogP contribution in [0.1, 0.15) is 49.1 Å². The summed E-state index contributed by atoms with van der Waals surface area (Å²) < 4.78 is 39.1. The van der Waals surface area contributed by atoms with Crippen LogP contribution in [0.25, 0.3) is 0 Å². The van der Waals surface area contributed by atoms with Gasteiger partial charge in [0.2, 0.25) is 5.91 Å². The average Bonchev–Trinajstić information content (AvgIpc) is 2.74. The predicted octanol–water partition coefficient (Wildman–Crippen LogP) is 5.26. The van der Waals surface area contributed by atoms with E-state index in [1.54, 1.807) is 0 Å². The summed E-state index contributed by atoms with van der Waals surface area (Å²) in [5, 5.41) is 16.5. The fraction of sp³-hybridized carbons (Fsp3) is 0.409. The Balaban J connectivity index is 1.45. The monoisotopic (exact) mass is 435 g/mol. The molecule has 0 bridgehead atoms. The summed E-state index contributed by atoms with van der Waals surface area (Å²) >= 11 is 0. The van der Waals surface area contributed by atoms with Crippen molar-refractivity contribution in [2.24, 2.45) is 0 Å². The zero-order valence-electron chi connectivity index (χ0n) is 16.8. The highest BCUT2D eigenvalue weighted by molar-refractivity contribution is 5.91. The van der Waals surface area contributed by atoms with Gasteiger partial charge in [-0.15, -0.1) is 0 Å². The van der Waals surface area contributed by atoms with Crippen molar-refractivity contribution in [3.63, 3.8) is 0 Å². The van der Waals surface area contributed by atoms with E-state index in [9.17, 15) is 28.1 Å². The van der Waals surface area contributed by atoms with E-state index in [0.29, 0.717) is 24.6 Å². The molecule has 166 valence electrons. The van der Waals surface area contributed by atoms with Gasteiger partial charge in [0.15, 0.2) is 0 Å². The van der Waals surface area contributed by atoms with Gasteiger partial charge in [0.05, 0.1) is 4.92 Å². The standard InChI is InChI=1S/C22H24F3N3O3/c23-22(24,25)19-14-18(10-11-20(19)28(30)31)27-21(29)12-13-26-17-8-6-16(7-9-17)15-4-2-1-3-5-15/h1-5,10-11,14,16-17,26H,6-9,12-13H2,(H,27,29). The predicted molar refractivity (Wildman–Crippen MR) is 111 cm³/mol. The van der Waals surface area contributed by atoms with E-state index in [-0.39, 0.29) is 12.1 Å². The molecule has 0 radical (unpaired) electrons. The minimum absolute atomic E-state index is 0.0942. The van der Waals surface area contributed by atoms with E-state index in [1.807, 2.05) is 18.2 Å². The number of carbonyl (C=O) groups excluding carboxylic acids is 1. The molecular weight excluding hydrogens is 411 g/mol. The Kier molecular flexibility index (Phi) is 7.27. The molecular formula is C22H24F3N3O3. The van der Waals surface area contributed by atoms with E-state index in [2.05, 4.69) is 22.8 Å². The van der Waals surface area contributed by atoms with Gasteiger partial charge in [0.25, 0.3) is 5.69 Å². The van der Waals surface area contributed by atoms with Crippen LogP contribution in [0.2, 0.25) is 0 Å². The number of anilines is 1. The Morgan fingerprint density at radius 1 is 1.06 bits per heavy atom. The molecule has 1 saturated carbocycles. The third-order valence-corrected chi connectivity index (χ3v) is 5.57. The molecule has 0 aliphatic heterocycles. The number of hydrogen-bond donors (Lipinski definition) is 2. The second-order valence-electron chi connectivity index (χ2n) is 7.70. The summed E-state index contributed by atoms with van der Waals surface area (Å²) in [4.78, 5) is 21.8. The minimum Gasteiger partial charge on any atom is -0.326 e. The molecule has 3 rings (SSSR count). The van der Waals surface area contributed by atoms with Gasteiger partial charge in [-0.1, -0.05) is 30.3 Å². The van der Waals surface area contributed by atoms with E-state index in [4.69, 9.17) is 0 Å². The van der Waals surface area contributed by atoms with Crippen LogP contribution in [0, 0.1) is 10.1 Å². The van der Waals surface area contributed by atoms with Gasteiger partial charge in [-0.3, -0.25) is 14.9 Å². The molecule has 31 heavy (non-hydrogen) atoms. The summed E-state index contributed by atoms with van der Waals surface area (Å²) in [6.45, 7) is 0.408. The SMILES string of the molecule is O=C(CCNC1CCC(c2ccccc2)CC1)Nc1ccc([N+](=O)[O-])c(C(F)(F)F)c1. The summed E-state index contributed by atoms with van der Waals surface area (Å²) in [6, 6.07) is 13.1. The summed E-state index contributed by atoms with van der Waals surface area (Å²) in [6.07, 6.45) is -0.662. The number of nitro benzene ring substituents is 1. The highest BCUT2D eigenvalue weighted by atomic mass is 19.4. The van der Waals surface area contributed by atoms with Gasteiger partial charge in [0, 0.05) is 30.8 Å². The highest BCUT2D eigenvalue weighted by Crippen LogP contribution is 2.37. The van der Waals surface area contributed by atoms with E-state index < -0.39 is 28.3 Å². The lowest BCUT2D eigenvalue weighted by molar-refractivity contribution is -0.388. The molecule has 0 saturated heterocycles.